The van der Waals surface area contributed by atoms with Crippen molar-refractivity contribution in [1.82, 2.24) is 4.90 Å². The van der Waals surface area contributed by atoms with Gasteiger partial charge in [0.1, 0.15) is 5.82 Å². The molecule has 0 heterocycles. The van der Waals surface area contributed by atoms with E-state index in [9.17, 15) is 4.39 Å². The third kappa shape index (κ3) is 2.78. The number of benzene rings is 1. The van der Waals surface area contributed by atoms with Crippen LogP contribution in [0.1, 0.15) is 31.2 Å². The van der Waals surface area contributed by atoms with E-state index >= 15 is 0 Å². The summed E-state index contributed by atoms with van der Waals surface area (Å²) in [6.07, 6.45) is 5.25. The van der Waals surface area contributed by atoms with Crippen LogP contribution in [0.2, 0.25) is 5.02 Å². The molecule has 2 rings (SSSR count). The zero-order valence-corrected chi connectivity index (χ0v) is 12.4. The normalized spacial score (nSPS) is 19.9. The first-order chi connectivity index (χ1) is 8.97. The molecule has 0 bridgehead atoms. The molecule has 1 aliphatic rings. The average Bonchev–Trinajstić information content (AvgIpc) is 2.85. The molecule has 0 aliphatic heterocycles. The first kappa shape index (κ1) is 14.8. The van der Waals surface area contributed by atoms with Gasteiger partial charge in [0.2, 0.25) is 0 Å². The molecular formula is C15H22ClFN2. The van der Waals surface area contributed by atoms with Crippen molar-refractivity contribution in [3.8, 4) is 0 Å². The highest BCUT2D eigenvalue weighted by molar-refractivity contribution is 6.31. The van der Waals surface area contributed by atoms with E-state index in [2.05, 4.69) is 19.0 Å². The summed E-state index contributed by atoms with van der Waals surface area (Å²) >= 11 is 6.02. The zero-order valence-electron chi connectivity index (χ0n) is 11.6. The average molecular weight is 285 g/mol. The molecule has 1 aliphatic carbocycles. The van der Waals surface area contributed by atoms with E-state index in [-0.39, 0.29) is 22.4 Å². The maximum absolute atomic E-state index is 13.5. The van der Waals surface area contributed by atoms with Crippen molar-refractivity contribution in [3.05, 3.63) is 34.6 Å². The summed E-state index contributed by atoms with van der Waals surface area (Å²) in [4.78, 5) is 2.23. The second-order valence-corrected chi connectivity index (χ2v) is 6.11. The van der Waals surface area contributed by atoms with E-state index in [4.69, 9.17) is 17.3 Å². The van der Waals surface area contributed by atoms with Crippen molar-refractivity contribution in [2.45, 2.75) is 43.7 Å². The Morgan fingerprint density at radius 1 is 1.37 bits per heavy atom. The highest BCUT2D eigenvalue weighted by Crippen LogP contribution is 2.37. The minimum absolute atomic E-state index is 0.0235. The largest absolute Gasteiger partial charge is 0.326 e. The number of hydrogen-bond donors (Lipinski definition) is 1. The number of rotatable bonds is 4. The molecule has 1 atom stereocenters. The fraction of sp³-hybridized carbons (Fsp3) is 0.600. The minimum Gasteiger partial charge on any atom is -0.326 e. The Kier molecular flexibility index (Phi) is 4.49. The molecule has 0 aromatic heterocycles. The first-order valence-corrected chi connectivity index (χ1v) is 7.21. The van der Waals surface area contributed by atoms with Crippen LogP contribution >= 0.6 is 11.6 Å². The standard InChI is InChI=1S/C15H22ClFN2/c1-19(2)15(8-3-4-9-15)13(18)10-11-6-5-7-12(17)14(11)16/h5-7,13H,3-4,8-10,18H2,1-2H3. The highest BCUT2D eigenvalue weighted by atomic mass is 35.5. The van der Waals surface area contributed by atoms with Crippen LogP contribution in [0.4, 0.5) is 4.39 Å². The van der Waals surface area contributed by atoms with E-state index in [0.717, 1.165) is 18.4 Å². The summed E-state index contributed by atoms with van der Waals surface area (Å²) < 4.78 is 13.5. The molecule has 1 aromatic rings. The number of nitrogens with two attached hydrogens (primary N) is 1. The van der Waals surface area contributed by atoms with Crippen LogP contribution in [0, 0.1) is 5.82 Å². The van der Waals surface area contributed by atoms with Crippen molar-refractivity contribution in [2.24, 2.45) is 5.73 Å². The molecule has 4 heteroatoms. The quantitative estimate of drug-likeness (QED) is 0.920. The second-order valence-electron chi connectivity index (χ2n) is 5.73. The highest BCUT2D eigenvalue weighted by Gasteiger charge is 2.41. The fourth-order valence-electron chi connectivity index (χ4n) is 3.27. The van der Waals surface area contributed by atoms with Crippen molar-refractivity contribution in [2.75, 3.05) is 14.1 Å². The van der Waals surface area contributed by atoms with E-state index in [0.29, 0.717) is 6.42 Å². The molecule has 19 heavy (non-hydrogen) atoms. The summed E-state index contributed by atoms with van der Waals surface area (Å²) in [5, 5.41) is 0.213. The van der Waals surface area contributed by atoms with Gasteiger partial charge in [-0.15, -0.1) is 0 Å². The molecule has 1 fully saturated rings. The summed E-state index contributed by atoms with van der Waals surface area (Å²) in [6.45, 7) is 0. The van der Waals surface area contributed by atoms with Gasteiger partial charge in [0.15, 0.2) is 0 Å². The van der Waals surface area contributed by atoms with Gasteiger partial charge in [0.25, 0.3) is 0 Å². The van der Waals surface area contributed by atoms with Gasteiger partial charge < -0.3 is 10.6 Å². The predicted octanol–water partition coefficient (Wildman–Crippen LogP) is 3.22. The Morgan fingerprint density at radius 2 is 2.00 bits per heavy atom. The minimum atomic E-state index is -0.364. The topological polar surface area (TPSA) is 29.3 Å². The number of nitrogens with zero attached hydrogens (tertiary/aromatic N) is 1. The van der Waals surface area contributed by atoms with Gasteiger partial charge in [0.05, 0.1) is 5.02 Å². The summed E-state index contributed by atoms with van der Waals surface area (Å²) in [7, 11) is 4.16. The Hall–Kier alpha value is -0.640. The van der Waals surface area contributed by atoms with Gasteiger partial charge in [-0.2, -0.15) is 0 Å². The number of hydrogen-bond acceptors (Lipinski definition) is 2. The van der Waals surface area contributed by atoms with E-state index in [1.807, 2.05) is 6.07 Å². The van der Waals surface area contributed by atoms with Crippen molar-refractivity contribution in [3.63, 3.8) is 0 Å². The zero-order chi connectivity index (χ0) is 14.0. The Balaban J connectivity index is 2.20. The van der Waals surface area contributed by atoms with Gasteiger partial charge in [-0.05, 0) is 45.0 Å². The van der Waals surface area contributed by atoms with Crippen LogP contribution in [0.25, 0.3) is 0 Å². The van der Waals surface area contributed by atoms with Crippen LogP contribution in [0.5, 0.6) is 0 Å². The Morgan fingerprint density at radius 3 is 2.58 bits per heavy atom. The van der Waals surface area contributed by atoms with E-state index in [1.54, 1.807) is 6.07 Å². The van der Waals surface area contributed by atoms with Crippen LogP contribution in [-0.4, -0.2) is 30.6 Å². The van der Waals surface area contributed by atoms with Crippen molar-refractivity contribution >= 4 is 11.6 Å². The fourth-order valence-corrected chi connectivity index (χ4v) is 3.47. The van der Waals surface area contributed by atoms with Gasteiger partial charge >= 0.3 is 0 Å². The molecule has 0 amide bonds. The van der Waals surface area contributed by atoms with Gasteiger partial charge in [-0.3, -0.25) is 0 Å². The molecule has 0 saturated heterocycles. The predicted molar refractivity (Wildman–Crippen MR) is 78.0 cm³/mol. The number of likely N-dealkylation sites (N-methyl/N-ethyl adjacent to an activating group) is 1. The third-order valence-electron chi connectivity index (χ3n) is 4.52. The maximum Gasteiger partial charge on any atom is 0.142 e. The summed E-state index contributed by atoms with van der Waals surface area (Å²) in [5.41, 5.74) is 7.27. The molecule has 1 aromatic carbocycles. The Labute approximate surface area is 119 Å². The van der Waals surface area contributed by atoms with Crippen LogP contribution in [-0.2, 0) is 6.42 Å². The molecule has 106 valence electrons. The van der Waals surface area contributed by atoms with Crippen molar-refractivity contribution in [1.29, 1.82) is 0 Å². The Bertz CT molecular complexity index is 442. The van der Waals surface area contributed by atoms with Gasteiger partial charge in [-0.1, -0.05) is 36.6 Å². The molecule has 2 nitrogen and oxygen atoms in total. The van der Waals surface area contributed by atoms with Crippen LogP contribution < -0.4 is 5.73 Å². The lowest BCUT2D eigenvalue weighted by Gasteiger charge is -2.41. The van der Waals surface area contributed by atoms with Crippen LogP contribution in [0.3, 0.4) is 0 Å². The number of halogens is 2. The molecule has 0 spiro atoms. The monoisotopic (exact) mass is 284 g/mol. The third-order valence-corrected chi connectivity index (χ3v) is 4.94. The van der Waals surface area contributed by atoms with Gasteiger partial charge in [-0.25, -0.2) is 4.39 Å². The molecular weight excluding hydrogens is 263 g/mol. The first-order valence-electron chi connectivity index (χ1n) is 6.83. The lowest BCUT2D eigenvalue weighted by atomic mass is 9.83. The maximum atomic E-state index is 13.5. The van der Waals surface area contributed by atoms with Gasteiger partial charge in [0, 0.05) is 11.6 Å². The molecule has 0 radical (unpaired) electrons. The van der Waals surface area contributed by atoms with E-state index in [1.165, 1.54) is 18.9 Å². The van der Waals surface area contributed by atoms with E-state index < -0.39 is 0 Å². The molecule has 1 unspecified atom stereocenters. The second kappa shape index (κ2) is 5.78. The van der Waals surface area contributed by atoms with Crippen LogP contribution in [0.15, 0.2) is 18.2 Å². The lowest BCUT2D eigenvalue weighted by Crippen LogP contribution is -2.56. The smallest absolute Gasteiger partial charge is 0.142 e. The molecule has 2 N–H and O–H groups in total. The lowest BCUT2D eigenvalue weighted by molar-refractivity contribution is 0.123. The summed E-state index contributed by atoms with van der Waals surface area (Å²) in [6, 6.07) is 4.92. The SMILES string of the molecule is CN(C)C1(C(N)Cc2cccc(F)c2Cl)CCCC1. The summed E-state index contributed by atoms with van der Waals surface area (Å²) in [5.74, 6) is -0.364. The van der Waals surface area contributed by atoms with Crippen molar-refractivity contribution < 1.29 is 4.39 Å². The molecule has 1 saturated carbocycles.